The zero-order valence-electron chi connectivity index (χ0n) is 15.8. The molecule has 0 aliphatic carbocycles. The summed E-state index contributed by atoms with van der Waals surface area (Å²) in [5.41, 5.74) is 3.82. The van der Waals surface area contributed by atoms with E-state index in [4.69, 9.17) is 4.98 Å². The fourth-order valence-electron chi connectivity index (χ4n) is 3.85. The lowest BCUT2D eigenvalue weighted by molar-refractivity contribution is -0.128. The van der Waals surface area contributed by atoms with Crippen molar-refractivity contribution in [3.63, 3.8) is 0 Å². The van der Waals surface area contributed by atoms with Gasteiger partial charge < -0.3 is 4.90 Å². The molecule has 0 spiro atoms. The summed E-state index contributed by atoms with van der Waals surface area (Å²) in [6, 6.07) is 11.2. The van der Waals surface area contributed by atoms with Gasteiger partial charge in [0.2, 0.25) is 5.91 Å². The Balaban J connectivity index is 1.47. The number of amides is 1. The van der Waals surface area contributed by atoms with E-state index in [1.807, 2.05) is 42.6 Å². The molecule has 1 unspecified atom stereocenters. The van der Waals surface area contributed by atoms with Crippen LogP contribution >= 0.6 is 11.3 Å². The lowest BCUT2D eigenvalue weighted by Crippen LogP contribution is -2.25. The molecule has 5 rings (SSSR count). The van der Waals surface area contributed by atoms with Gasteiger partial charge in [-0.3, -0.25) is 19.7 Å². The van der Waals surface area contributed by atoms with Crippen molar-refractivity contribution in [2.24, 2.45) is 0 Å². The number of fused-ring (bicyclic) bond motifs is 1. The normalized spacial score (nSPS) is 16.8. The largest absolute Gasteiger partial charge is 0.336 e. The van der Waals surface area contributed by atoms with Crippen molar-refractivity contribution in [2.45, 2.75) is 25.8 Å². The van der Waals surface area contributed by atoms with Gasteiger partial charge in [-0.15, -0.1) is 11.3 Å². The first-order valence-electron chi connectivity index (χ1n) is 9.44. The van der Waals surface area contributed by atoms with Crippen molar-refractivity contribution in [3.05, 3.63) is 75.3 Å². The van der Waals surface area contributed by atoms with E-state index in [2.05, 4.69) is 10.1 Å². The SMILES string of the molecule is Cc1c(-c2cccs2)[nH]n2c(=O)cc(C3CC(=O)N(Cc4ccccn4)C3)nc12. The van der Waals surface area contributed by atoms with Crippen LogP contribution in [0.4, 0.5) is 0 Å². The fourth-order valence-corrected chi connectivity index (χ4v) is 4.62. The summed E-state index contributed by atoms with van der Waals surface area (Å²) in [6.07, 6.45) is 2.08. The first kappa shape index (κ1) is 17.8. The Hall–Kier alpha value is -3.26. The zero-order valence-corrected chi connectivity index (χ0v) is 16.6. The quantitative estimate of drug-likeness (QED) is 0.566. The van der Waals surface area contributed by atoms with Gasteiger partial charge in [-0.05, 0) is 30.5 Å². The van der Waals surface area contributed by atoms with E-state index in [0.29, 0.717) is 30.9 Å². The van der Waals surface area contributed by atoms with Crippen molar-refractivity contribution in [2.75, 3.05) is 6.54 Å². The highest BCUT2D eigenvalue weighted by Gasteiger charge is 2.32. The third kappa shape index (κ3) is 3.15. The minimum absolute atomic E-state index is 0.0627. The standard InChI is InChI=1S/C21H19N5O2S/c1-13-20(17-6-4-8-29-17)24-26-19(28)10-16(23-21(13)26)14-9-18(27)25(11-14)12-15-5-2-3-7-22-15/h2-8,10,14,24H,9,11-12H2,1H3. The van der Waals surface area contributed by atoms with Gasteiger partial charge in [0.05, 0.1) is 28.5 Å². The van der Waals surface area contributed by atoms with Gasteiger partial charge in [0, 0.05) is 36.7 Å². The Morgan fingerprint density at radius 2 is 2.14 bits per heavy atom. The lowest BCUT2D eigenvalue weighted by Gasteiger charge is -2.16. The number of hydrogen-bond donors (Lipinski definition) is 1. The van der Waals surface area contributed by atoms with Crippen LogP contribution in [0.2, 0.25) is 0 Å². The molecular weight excluding hydrogens is 386 g/mol. The monoisotopic (exact) mass is 405 g/mol. The number of thiophene rings is 1. The number of rotatable bonds is 4. The molecule has 146 valence electrons. The first-order valence-corrected chi connectivity index (χ1v) is 10.3. The summed E-state index contributed by atoms with van der Waals surface area (Å²) in [6.45, 7) is 2.98. The van der Waals surface area contributed by atoms with Crippen LogP contribution in [0.3, 0.4) is 0 Å². The summed E-state index contributed by atoms with van der Waals surface area (Å²) in [5, 5.41) is 5.17. The average Bonchev–Trinajstić information content (AvgIpc) is 3.44. The van der Waals surface area contributed by atoms with Gasteiger partial charge in [-0.1, -0.05) is 12.1 Å². The number of nitrogens with one attached hydrogen (secondary N) is 1. The summed E-state index contributed by atoms with van der Waals surface area (Å²) < 4.78 is 1.48. The van der Waals surface area contributed by atoms with Gasteiger partial charge >= 0.3 is 0 Å². The van der Waals surface area contributed by atoms with Crippen LogP contribution < -0.4 is 5.56 Å². The van der Waals surface area contributed by atoms with E-state index in [1.165, 1.54) is 4.52 Å². The van der Waals surface area contributed by atoms with Crippen molar-refractivity contribution in [3.8, 4) is 10.6 Å². The number of H-pyrrole nitrogens is 1. The summed E-state index contributed by atoms with van der Waals surface area (Å²) in [7, 11) is 0. The van der Waals surface area contributed by atoms with Crippen LogP contribution in [0.25, 0.3) is 16.2 Å². The topological polar surface area (TPSA) is 83.4 Å². The highest BCUT2D eigenvalue weighted by molar-refractivity contribution is 7.13. The smallest absolute Gasteiger partial charge is 0.272 e. The van der Waals surface area contributed by atoms with Crippen LogP contribution in [-0.2, 0) is 11.3 Å². The Morgan fingerprint density at radius 1 is 1.24 bits per heavy atom. The second-order valence-corrected chi connectivity index (χ2v) is 8.21. The van der Waals surface area contributed by atoms with E-state index < -0.39 is 0 Å². The average molecular weight is 405 g/mol. The number of nitrogens with zero attached hydrogens (tertiary/aromatic N) is 4. The Labute approximate surface area is 170 Å². The molecule has 29 heavy (non-hydrogen) atoms. The van der Waals surface area contributed by atoms with Crippen LogP contribution in [0.15, 0.2) is 52.8 Å². The van der Waals surface area contributed by atoms with Gasteiger partial charge in [-0.25, -0.2) is 9.50 Å². The molecule has 1 aliphatic rings. The summed E-state index contributed by atoms with van der Waals surface area (Å²) in [5.74, 6) is -0.0314. The molecule has 1 fully saturated rings. The van der Waals surface area contributed by atoms with Gasteiger partial charge in [0.15, 0.2) is 5.65 Å². The molecule has 1 atom stereocenters. The van der Waals surface area contributed by atoms with Crippen LogP contribution in [0, 0.1) is 6.92 Å². The third-order valence-corrected chi connectivity index (χ3v) is 6.24. The molecule has 0 aromatic carbocycles. The van der Waals surface area contributed by atoms with Crippen LogP contribution in [-0.4, -0.2) is 36.9 Å². The second kappa shape index (κ2) is 6.97. The first-order chi connectivity index (χ1) is 14.1. The number of carbonyl (C=O) groups is 1. The fraction of sp³-hybridized carbons (Fsp3) is 0.238. The van der Waals surface area contributed by atoms with Crippen LogP contribution in [0.1, 0.15) is 29.3 Å². The molecule has 1 amide bonds. The Morgan fingerprint density at radius 3 is 2.90 bits per heavy atom. The molecule has 4 aromatic heterocycles. The van der Waals surface area contributed by atoms with E-state index in [0.717, 1.165) is 21.8 Å². The summed E-state index contributed by atoms with van der Waals surface area (Å²) >= 11 is 1.61. The number of hydrogen-bond acceptors (Lipinski definition) is 5. The Bertz CT molecular complexity index is 1240. The molecule has 4 aromatic rings. The second-order valence-electron chi connectivity index (χ2n) is 7.26. The molecule has 5 heterocycles. The molecule has 0 saturated carbocycles. The lowest BCUT2D eigenvalue weighted by atomic mass is 10.0. The van der Waals surface area contributed by atoms with Gasteiger partial charge in [-0.2, -0.15) is 0 Å². The molecule has 8 heteroatoms. The predicted octanol–water partition coefficient (Wildman–Crippen LogP) is 2.97. The molecule has 7 nitrogen and oxygen atoms in total. The highest BCUT2D eigenvalue weighted by atomic mass is 32.1. The van der Waals surface area contributed by atoms with E-state index in [1.54, 1.807) is 28.5 Å². The molecule has 1 N–H and O–H groups in total. The van der Waals surface area contributed by atoms with Crippen molar-refractivity contribution < 1.29 is 4.79 Å². The summed E-state index contributed by atoms with van der Waals surface area (Å²) in [4.78, 5) is 37.2. The molecule has 0 radical (unpaired) electrons. The van der Waals surface area contributed by atoms with Crippen molar-refractivity contribution >= 4 is 22.9 Å². The maximum absolute atomic E-state index is 12.7. The van der Waals surface area contributed by atoms with Crippen LogP contribution in [0.5, 0.6) is 0 Å². The predicted molar refractivity (Wildman–Crippen MR) is 111 cm³/mol. The maximum atomic E-state index is 12.7. The number of pyridine rings is 1. The van der Waals surface area contributed by atoms with Gasteiger partial charge in [0.1, 0.15) is 0 Å². The number of likely N-dealkylation sites (tertiary alicyclic amines) is 1. The number of carbonyl (C=O) groups excluding carboxylic acids is 1. The minimum atomic E-state index is -0.161. The minimum Gasteiger partial charge on any atom is -0.336 e. The number of aromatic amines is 1. The van der Waals surface area contributed by atoms with Gasteiger partial charge in [0.25, 0.3) is 5.56 Å². The van der Waals surface area contributed by atoms with E-state index >= 15 is 0 Å². The highest BCUT2D eigenvalue weighted by Crippen LogP contribution is 2.30. The Kier molecular flexibility index (Phi) is 4.28. The van der Waals surface area contributed by atoms with Crippen molar-refractivity contribution in [1.82, 2.24) is 24.5 Å². The molecular formula is C21H19N5O2S. The van der Waals surface area contributed by atoms with E-state index in [9.17, 15) is 9.59 Å². The maximum Gasteiger partial charge on any atom is 0.272 e. The zero-order chi connectivity index (χ0) is 20.0. The molecule has 1 saturated heterocycles. The third-order valence-electron chi connectivity index (χ3n) is 5.35. The number of aromatic nitrogens is 4. The van der Waals surface area contributed by atoms with Crippen molar-refractivity contribution in [1.29, 1.82) is 0 Å². The molecule has 1 aliphatic heterocycles. The van der Waals surface area contributed by atoms with E-state index in [-0.39, 0.29) is 17.4 Å². The molecule has 0 bridgehead atoms. The number of aryl methyl sites for hydroxylation is 1.